The number of anilines is 1. The van der Waals surface area contributed by atoms with Gasteiger partial charge in [0.25, 0.3) is 0 Å². The summed E-state index contributed by atoms with van der Waals surface area (Å²) in [5.74, 6) is 1.47. The minimum Gasteiger partial charge on any atom is -0.494 e. The molecule has 3 aromatic rings. The van der Waals surface area contributed by atoms with Crippen LogP contribution in [0.5, 0.6) is 5.75 Å². The third-order valence-electron chi connectivity index (χ3n) is 7.35. The number of nitrogens with zero attached hydrogens (tertiary/aromatic N) is 3. The van der Waals surface area contributed by atoms with Crippen molar-refractivity contribution in [1.29, 1.82) is 0 Å². The maximum absolute atomic E-state index is 14.1. The van der Waals surface area contributed by atoms with Gasteiger partial charge in [-0.1, -0.05) is 65.8 Å². The SMILES string of the molecule is CCOc1ccc(Cc2csc(N3CCN(S(=O)(=O)c4c(C(C)C)cc(C(C)C)cc4C(C)C)CC3)n2)cc1. The van der Waals surface area contributed by atoms with Crippen molar-refractivity contribution in [1.82, 2.24) is 9.29 Å². The molecule has 0 aliphatic carbocycles. The van der Waals surface area contributed by atoms with Gasteiger partial charge in [-0.25, -0.2) is 13.4 Å². The lowest BCUT2D eigenvalue weighted by molar-refractivity contribution is 0.340. The molecule has 0 spiro atoms. The van der Waals surface area contributed by atoms with Gasteiger partial charge in [0, 0.05) is 38.0 Å². The lowest BCUT2D eigenvalue weighted by Crippen LogP contribution is -2.49. The van der Waals surface area contributed by atoms with Crippen LogP contribution in [0.4, 0.5) is 5.13 Å². The highest BCUT2D eigenvalue weighted by molar-refractivity contribution is 7.89. The molecule has 0 N–H and O–H groups in total. The standard InChI is InChI=1S/C31H43N3O3S2/c1-8-37-27-11-9-24(10-12-27)17-26-20-38-31(32-26)33-13-15-34(16-14-33)39(35,36)30-28(22(4)5)18-25(21(2)3)19-29(30)23(6)7/h9-12,18-23H,8,13-17H2,1-7H3. The van der Waals surface area contributed by atoms with Crippen LogP contribution < -0.4 is 9.64 Å². The van der Waals surface area contributed by atoms with E-state index in [4.69, 9.17) is 9.72 Å². The highest BCUT2D eigenvalue weighted by Crippen LogP contribution is 2.37. The topological polar surface area (TPSA) is 62.7 Å². The van der Waals surface area contributed by atoms with Gasteiger partial charge in [0.15, 0.2) is 5.13 Å². The van der Waals surface area contributed by atoms with Crippen LogP contribution in [0, 0.1) is 0 Å². The van der Waals surface area contributed by atoms with Gasteiger partial charge in [-0.2, -0.15) is 4.31 Å². The third kappa shape index (κ3) is 6.67. The zero-order chi connectivity index (χ0) is 28.3. The quantitative estimate of drug-likeness (QED) is 0.263. The fourth-order valence-corrected chi connectivity index (χ4v) is 8.00. The maximum atomic E-state index is 14.1. The fraction of sp³-hybridized carbons (Fsp3) is 0.516. The van der Waals surface area contributed by atoms with Gasteiger partial charge < -0.3 is 9.64 Å². The van der Waals surface area contributed by atoms with Gasteiger partial charge in [-0.3, -0.25) is 0 Å². The Kier molecular flexibility index (Phi) is 9.40. The number of sulfonamides is 1. The average Bonchev–Trinajstić information content (AvgIpc) is 3.37. The van der Waals surface area contributed by atoms with Crippen LogP contribution in [-0.4, -0.2) is 50.5 Å². The number of ether oxygens (including phenoxy) is 1. The van der Waals surface area contributed by atoms with Crippen LogP contribution in [-0.2, 0) is 16.4 Å². The molecule has 4 rings (SSSR count). The van der Waals surface area contributed by atoms with E-state index in [1.54, 1.807) is 15.6 Å². The average molecular weight is 570 g/mol. The van der Waals surface area contributed by atoms with Crippen molar-refractivity contribution in [2.75, 3.05) is 37.7 Å². The summed E-state index contributed by atoms with van der Waals surface area (Å²) >= 11 is 1.63. The van der Waals surface area contributed by atoms with E-state index in [0.717, 1.165) is 34.1 Å². The minimum atomic E-state index is -3.63. The normalized spacial score (nSPS) is 15.1. The van der Waals surface area contributed by atoms with E-state index in [0.29, 0.717) is 43.6 Å². The summed E-state index contributed by atoms with van der Waals surface area (Å²) in [5, 5.41) is 3.06. The van der Waals surface area contributed by atoms with Crippen molar-refractivity contribution >= 4 is 26.5 Å². The van der Waals surface area contributed by atoms with Gasteiger partial charge in [0.1, 0.15) is 5.75 Å². The number of thiazole rings is 1. The van der Waals surface area contributed by atoms with Crippen LogP contribution in [0.3, 0.4) is 0 Å². The molecular formula is C31H43N3O3S2. The molecule has 2 aromatic carbocycles. The van der Waals surface area contributed by atoms with Crippen LogP contribution in [0.15, 0.2) is 46.7 Å². The Balaban J connectivity index is 1.49. The molecule has 6 nitrogen and oxygen atoms in total. The van der Waals surface area contributed by atoms with E-state index in [1.807, 2.05) is 19.1 Å². The molecule has 1 saturated heterocycles. The molecule has 1 aromatic heterocycles. The second-order valence-corrected chi connectivity index (χ2v) is 14.0. The van der Waals surface area contributed by atoms with Gasteiger partial charge in [0.2, 0.25) is 10.0 Å². The number of benzene rings is 2. The molecule has 8 heteroatoms. The molecule has 0 saturated carbocycles. The van der Waals surface area contributed by atoms with Crippen LogP contribution in [0.2, 0.25) is 0 Å². The zero-order valence-corrected chi connectivity index (χ0v) is 26.0. The first-order chi connectivity index (χ1) is 18.5. The Morgan fingerprint density at radius 2 is 1.49 bits per heavy atom. The van der Waals surface area contributed by atoms with Crippen molar-refractivity contribution in [2.24, 2.45) is 0 Å². The molecular weight excluding hydrogens is 526 g/mol. The van der Waals surface area contributed by atoms with Gasteiger partial charge in [-0.05, 0) is 59.1 Å². The molecule has 0 radical (unpaired) electrons. The first-order valence-corrected chi connectivity index (χ1v) is 16.4. The van der Waals surface area contributed by atoms with E-state index < -0.39 is 10.0 Å². The summed E-state index contributed by atoms with van der Waals surface area (Å²) in [6, 6.07) is 12.4. The Morgan fingerprint density at radius 1 is 0.897 bits per heavy atom. The van der Waals surface area contributed by atoms with E-state index in [2.05, 4.69) is 76.1 Å². The van der Waals surface area contributed by atoms with Crippen molar-refractivity contribution in [2.45, 2.75) is 77.5 Å². The summed E-state index contributed by atoms with van der Waals surface area (Å²) in [5.41, 5.74) is 5.30. The number of piperazine rings is 1. The Hall–Kier alpha value is -2.42. The Morgan fingerprint density at radius 3 is 2.00 bits per heavy atom. The maximum Gasteiger partial charge on any atom is 0.243 e. The van der Waals surface area contributed by atoms with Gasteiger partial charge in [-0.15, -0.1) is 11.3 Å². The van der Waals surface area contributed by atoms with E-state index >= 15 is 0 Å². The molecule has 0 unspecified atom stereocenters. The van der Waals surface area contributed by atoms with Crippen molar-refractivity contribution < 1.29 is 13.2 Å². The van der Waals surface area contributed by atoms with E-state index in [9.17, 15) is 8.42 Å². The first-order valence-electron chi connectivity index (χ1n) is 14.1. The first kappa shape index (κ1) is 29.6. The molecule has 0 amide bonds. The molecule has 2 heterocycles. The molecule has 0 atom stereocenters. The predicted octanol–water partition coefficient (Wildman–Crippen LogP) is 7.01. The third-order valence-corrected chi connectivity index (χ3v) is 10.3. The molecule has 39 heavy (non-hydrogen) atoms. The van der Waals surface area contributed by atoms with Gasteiger partial charge >= 0.3 is 0 Å². The zero-order valence-electron chi connectivity index (χ0n) is 24.4. The summed E-state index contributed by atoms with van der Waals surface area (Å²) in [6.45, 7) is 17.5. The molecule has 1 fully saturated rings. The predicted molar refractivity (Wildman–Crippen MR) is 162 cm³/mol. The largest absolute Gasteiger partial charge is 0.494 e. The minimum absolute atomic E-state index is 0.122. The molecule has 212 valence electrons. The Labute approximate surface area is 239 Å². The lowest BCUT2D eigenvalue weighted by Gasteiger charge is -2.35. The van der Waals surface area contributed by atoms with Crippen LogP contribution in [0.25, 0.3) is 0 Å². The smallest absolute Gasteiger partial charge is 0.243 e. The number of hydrogen-bond donors (Lipinski definition) is 0. The van der Waals surface area contributed by atoms with E-state index in [1.165, 1.54) is 11.1 Å². The van der Waals surface area contributed by atoms with Crippen molar-refractivity contribution in [3.63, 3.8) is 0 Å². The van der Waals surface area contributed by atoms with E-state index in [-0.39, 0.29) is 11.8 Å². The summed E-state index contributed by atoms with van der Waals surface area (Å²) < 4.78 is 35.5. The summed E-state index contributed by atoms with van der Waals surface area (Å²) in [7, 11) is -3.63. The Bertz CT molecular complexity index is 1320. The number of rotatable bonds is 10. The number of aromatic nitrogens is 1. The molecule has 1 aliphatic rings. The highest BCUT2D eigenvalue weighted by Gasteiger charge is 2.34. The van der Waals surface area contributed by atoms with Gasteiger partial charge in [0.05, 0.1) is 17.2 Å². The lowest BCUT2D eigenvalue weighted by atomic mass is 9.89. The second-order valence-electron chi connectivity index (χ2n) is 11.3. The molecule has 0 bridgehead atoms. The van der Waals surface area contributed by atoms with Crippen molar-refractivity contribution in [3.8, 4) is 5.75 Å². The molecule has 1 aliphatic heterocycles. The van der Waals surface area contributed by atoms with Crippen LogP contribution in [0.1, 0.15) is 94.2 Å². The highest BCUT2D eigenvalue weighted by atomic mass is 32.2. The van der Waals surface area contributed by atoms with Crippen molar-refractivity contribution in [3.05, 3.63) is 69.7 Å². The summed E-state index contributed by atoms with van der Waals surface area (Å²) in [6.07, 6.45) is 0.763. The summed E-state index contributed by atoms with van der Waals surface area (Å²) in [4.78, 5) is 7.62. The van der Waals surface area contributed by atoms with Crippen LogP contribution >= 0.6 is 11.3 Å². The monoisotopic (exact) mass is 569 g/mol. The fourth-order valence-electron chi connectivity index (χ4n) is 5.04. The number of hydrogen-bond acceptors (Lipinski definition) is 6. The second kappa shape index (κ2) is 12.4.